The zero-order chi connectivity index (χ0) is 10.3. The lowest BCUT2D eigenvalue weighted by molar-refractivity contribution is 1.01. The van der Waals surface area contributed by atoms with Gasteiger partial charge < -0.3 is 16.8 Å². The van der Waals surface area contributed by atoms with Crippen molar-refractivity contribution in [1.29, 1.82) is 0 Å². The highest BCUT2D eigenvalue weighted by molar-refractivity contribution is 5.52. The van der Waals surface area contributed by atoms with E-state index in [1.807, 2.05) is 13.8 Å². The van der Waals surface area contributed by atoms with Crippen molar-refractivity contribution in [3.8, 4) is 0 Å². The van der Waals surface area contributed by atoms with Crippen LogP contribution >= 0.6 is 0 Å². The van der Waals surface area contributed by atoms with Gasteiger partial charge in [-0.05, 0) is 25.6 Å². The molecule has 0 bridgehead atoms. The summed E-state index contributed by atoms with van der Waals surface area (Å²) in [5.41, 5.74) is 13.2. The fourth-order valence-corrected chi connectivity index (χ4v) is 0.751. The van der Waals surface area contributed by atoms with Crippen LogP contribution in [0.25, 0.3) is 0 Å². The van der Waals surface area contributed by atoms with Crippen molar-refractivity contribution in [2.24, 2.45) is 16.5 Å². The standard InChI is InChI=1S/C9H16N4/c1-4-13-8(3)9(11)7(2)5-12-6-10/h4-6,13H,1,11H2,2-3H3,(H2,10,12)/b7-5?,9-8-. The number of hydrogen-bond acceptors (Lipinski definition) is 3. The molecule has 0 spiro atoms. The number of hydrogen-bond donors (Lipinski definition) is 3. The van der Waals surface area contributed by atoms with E-state index < -0.39 is 0 Å². The third kappa shape index (κ3) is 4.00. The molecule has 0 aliphatic rings. The first-order valence-electron chi connectivity index (χ1n) is 3.87. The third-order valence-electron chi connectivity index (χ3n) is 1.50. The molecule has 0 aromatic rings. The molecule has 4 heteroatoms. The van der Waals surface area contributed by atoms with Crippen LogP contribution in [0.3, 0.4) is 0 Å². The molecule has 0 heterocycles. The lowest BCUT2D eigenvalue weighted by atomic mass is 10.2. The Morgan fingerprint density at radius 2 is 2.08 bits per heavy atom. The van der Waals surface area contributed by atoms with Gasteiger partial charge in [0.15, 0.2) is 0 Å². The maximum absolute atomic E-state index is 5.77. The Labute approximate surface area is 78.7 Å². The highest BCUT2D eigenvalue weighted by Crippen LogP contribution is 2.06. The molecule has 0 radical (unpaired) electrons. The van der Waals surface area contributed by atoms with Crippen LogP contribution < -0.4 is 16.8 Å². The van der Waals surface area contributed by atoms with E-state index in [9.17, 15) is 0 Å². The summed E-state index contributed by atoms with van der Waals surface area (Å²) < 4.78 is 0. The minimum atomic E-state index is 0.644. The summed E-state index contributed by atoms with van der Waals surface area (Å²) in [6, 6.07) is 0. The Balaban J connectivity index is 4.64. The molecule has 0 aromatic heterocycles. The van der Waals surface area contributed by atoms with Gasteiger partial charge in [-0.1, -0.05) is 6.58 Å². The second-order valence-electron chi connectivity index (χ2n) is 2.50. The topological polar surface area (TPSA) is 76.4 Å². The van der Waals surface area contributed by atoms with Crippen molar-refractivity contribution in [3.63, 3.8) is 0 Å². The Kier molecular flexibility index (Phi) is 5.11. The molecule has 72 valence electrons. The van der Waals surface area contributed by atoms with Gasteiger partial charge in [-0.3, -0.25) is 0 Å². The number of nitrogens with zero attached hydrogens (tertiary/aromatic N) is 1. The average molecular weight is 180 g/mol. The predicted molar refractivity (Wildman–Crippen MR) is 56.7 cm³/mol. The second kappa shape index (κ2) is 5.88. The number of nitrogens with one attached hydrogen (secondary N) is 1. The van der Waals surface area contributed by atoms with E-state index in [1.165, 1.54) is 6.34 Å². The molecule has 5 N–H and O–H groups in total. The normalized spacial score (nSPS) is 14.2. The fourth-order valence-electron chi connectivity index (χ4n) is 0.751. The van der Waals surface area contributed by atoms with Crippen molar-refractivity contribution in [3.05, 3.63) is 35.9 Å². The maximum atomic E-state index is 5.77. The van der Waals surface area contributed by atoms with E-state index in [0.29, 0.717) is 5.70 Å². The molecule has 0 unspecified atom stereocenters. The van der Waals surface area contributed by atoms with Crippen LogP contribution in [0.5, 0.6) is 0 Å². The van der Waals surface area contributed by atoms with Gasteiger partial charge in [0.1, 0.15) is 0 Å². The molecule has 0 atom stereocenters. The Morgan fingerprint density at radius 1 is 1.46 bits per heavy atom. The second-order valence-corrected chi connectivity index (χ2v) is 2.50. The largest absolute Gasteiger partial charge is 0.397 e. The van der Waals surface area contributed by atoms with Crippen LogP contribution in [-0.4, -0.2) is 6.34 Å². The molecule has 13 heavy (non-hydrogen) atoms. The summed E-state index contributed by atoms with van der Waals surface area (Å²) in [5, 5.41) is 2.90. The van der Waals surface area contributed by atoms with Crippen molar-refractivity contribution < 1.29 is 0 Å². The van der Waals surface area contributed by atoms with Crippen molar-refractivity contribution >= 4 is 6.34 Å². The molecule has 0 aliphatic heterocycles. The lowest BCUT2D eigenvalue weighted by Crippen LogP contribution is -2.11. The van der Waals surface area contributed by atoms with E-state index in [0.717, 1.165) is 11.3 Å². The Morgan fingerprint density at radius 3 is 2.54 bits per heavy atom. The van der Waals surface area contributed by atoms with E-state index in [1.54, 1.807) is 12.4 Å². The molecular weight excluding hydrogens is 164 g/mol. The Hall–Kier alpha value is -1.71. The van der Waals surface area contributed by atoms with Gasteiger partial charge >= 0.3 is 0 Å². The van der Waals surface area contributed by atoms with E-state index in [4.69, 9.17) is 11.5 Å². The summed E-state index contributed by atoms with van der Waals surface area (Å²) in [7, 11) is 0. The number of nitrogens with two attached hydrogens (primary N) is 2. The number of rotatable bonds is 4. The van der Waals surface area contributed by atoms with Crippen LogP contribution in [0, 0.1) is 0 Å². The van der Waals surface area contributed by atoms with Gasteiger partial charge in [0.2, 0.25) is 0 Å². The zero-order valence-corrected chi connectivity index (χ0v) is 8.04. The molecule has 0 saturated heterocycles. The number of aliphatic imine (C=N–C) groups is 1. The molecule has 0 aliphatic carbocycles. The van der Waals surface area contributed by atoms with Gasteiger partial charge in [0.25, 0.3) is 0 Å². The molecule has 4 nitrogen and oxygen atoms in total. The SMILES string of the molecule is C=CN/C(C)=C(\N)C(C)=CN=CN. The summed E-state index contributed by atoms with van der Waals surface area (Å²) in [6.07, 6.45) is 4.39. The fraction of sp³-hybridized carbons (Fsp3) is 0.222. The third-order valence-corrected chi connectivity index (χ3v) is 1.50. The molecular formula is C9H16N4. The van der Waals surface area contributed by atoms with Crippen LogP contribution in [0.4, 0.5) is 0 Å². The molecule has 0 fully saturated rings. The summed E-state index contributed by atoms with van der Waals surface area (Å²) in [5.74, 6) is 0. The molecule has 0 aromatic carbocycles. The number of allylic oxidation sites excluding steroid dienone is 2. The van der Waals surface area contributed by atoms with Crippen LogP contribution in [0.2, 0.25) is 0 Å². The van der Waals surface area contributed by atoms with Gasteiger partial charge in [0.05, 0.1) is 12.0 Å². The first kappa shape index (κ1) is 11.3. The quantitative estimate of drug-likeness (QED) is 0.340. The monoisotopic (exact) mass is 180 g/mol. The first-order valence-corrected chi connectivity index (χ1v) is 3.87. The summed E-state index contributed by atoms with van der Waals surface area (Å²) in [4.78, 5) is 3.76. The first-order chi connectivity index (χ1) is 6.13. The van der Waals surface area contributed by atoms with Crippen LogP contribution in [0.15, 0.2) is 40.9 Å². The summed E-state index contributed by atoms with van der Waals surface area (Å²) >= 11 is 0. The van der Waals surface area contributed by atoms with Crippen LogP contribution in [0.1, 0.15) is 13.8 Å². The van der Waals surface area contributed by atoms with E-state index >= 15 is 0 Å². The van der Waals surface area contributed by atoms with Crippen molar-refractivity contribution in [1.82, 2.24) is 5.32 Å². The van der Waals surface area contributed by atoms with E-state index in [-0.39, 0.29) is 0 Å². The maximum Gasteiger partial charge on any atom is 0.0852 e. The predicted octanol–water partition coefficient (Wildman–Crippen LogP) is 0.800. The zero-order valence-electron chi connectivity index (χ0n) is 8.04. The van der Waals surface area contributed by atoms with Gasteiger partial charge in [-0.2, -0.15) is 0 Å². The average Bonchev–Trinajstić information content (AvgIpc) is 2.13. The molecule has 0 amide bonds. The van der Waals surface area contributed by atoms with Crippen molar-refractivity contribution in [2.75, 3.05) is 0 Å². The molecule has 0 saturated carbocycles. The highest BCUT2D eigenvalue weighted by Gasteiger charge is 1.97. The summed E-state index contributed by atoms with van der Waals surface area (Å²) in [6.45, 7) is 7.25. The minimum Gasteiger partial charge on any atom is -0.397 e. The lowest BCUT2D eigenvalue weighted by Gasteiger charge is -2.06. The molecule has 0 rings (SSSR count). The van der Waals surface area contributed by atoms with Gasteiger partial charge in [-0.15, -0.1) is 0 Å². The van der Waals surface area contributed by atoms with E-state index in [2.05, 4.69) is 16.9 Å². The van der Waals surface area contributed by atoms with Gasteiger partial charge in [0, 0.05) is 11.9 Å². The minimum absolute atomic E-state index is 0.644. The van der Waals surface area contributed by atoms with Gasteiger partial charge in [-0.25, -0.2) is 4.99 Å². The van der Waals surface area contributed by atoms with Crippen molar-refractivity contribution in [2.45, 2.75) is 13.8 Å². The Bertz CT molecular complexity index is 261. The van der Waals surface area contributed by atoms with Crippen LogP contribution in [-0.2, 0) is 0 Å². The highest BCUT2D eigenvalue weighted by atomic mass is 14.9. The smallest absolute Gasteiger partial charge is 0.0852 e.